The normalized spacial score (nSPS) is 29.6. The quantitative estimate of drug-likeness (QED) is 0.701. The summed E-state index contributed by atoms with van der Waals surface area (Å²) in [5.74, 6) is -0.136. The van der Waals surface area contributed by atoms with E-state index in [1.165, 1.54) is 16.7 Å². The Labute approximate surface area is 86.0 Å². The molecular weight excluding hydrogens is 202 g/mol. The highest BCUT2D eigenvalue weighted by Gasteiger charge is 2.49. The van der Waals surface area contributed by atoms with Gasteiger partial charge in [-0.2, -0.15) is 0 Å². The molecule has 2 aliphatic rings. The van der Waals surface area contributed by atoms with E-state index in [9.17, 15) is 9.59 Å². The molecule has 0 aromatic rings. The van der Waals surface area contributed by atoms with Crippen molar-refractivity contribution in [2.45, 2.75) is 25.4 Å². The molecule has 5 heteroatoms. The lowest BCUT2D eigenvalue weighted by Crippen LogP contribution is -2.55. The topological polar surface area (TPSA) is 57.6 Å². The first-order chi connectivity index (χ1) is 6.65. The van der Waals surface area contributed by atoms with Crippen LogP contribution in [0.15, 0.2) is 11.0 Å². The number of hydrogen-bond acceptors (Lipinski definition) is 3. The Morgan fingerprint density at radius 1 is 1.79 bits per heavy atom. The van der Waals surface area contributed by atoms with Crippen LogP contribution in [0.5, 0.6) is 0 Å². The average Bonchev–Trinajstić information content (AvgIpc) is 2.39. The highest BCUT2D eigenvalue weighted by Crippen LogP contribution is 2.39. The highest BCUT2D eigenvalue weighted by atomic mass is 32.2. The second-order valence-electron chi connectivity index (χ2n) is 3.32. The third kappa shape index (κ3) is 1.23. The zero-order valence-electron chi connectivity index (χ0n) is 7.77. The summed E-state index contributed by atoms with van der Waals surface area (Å²) in [5.41, 5.74) is 0. The van der Waals surface area contributed by atoms with Gasteiger partial charge in [0, 0.05) is 4.91 Å². The zero-order valence-corrected chi connectivity index (χ0v) is 8.58. The molecule has 14 heavy (non-hydrogen) atoms. The van der Waals surface area contributed by atoms with Gasteiger partial charge in [-0.05, 0) is 11.8 Å². The van der Waals surface area contributed by atoms with Gasteiger partial charge >= 0.3 is 5.97 Å². The van der Waals surface area contributed by atoms with Gasteiger partial charge < -0.3 is 10.0 Å². The van der Waals surface area contributed by atoms with E-state index < -0.39 is 12.0 Å². The summed E-state index contributed by atoms with van der Waals surface area (Å²) >= 11 is 1.51. The lowest BCUT2D eigenvalue weighted by Gasteiger charge is -2.37. The molecule has 0 spiro atoms. The first kappa shape index (κ1) is 9.58. The van der Waals surface area contributed by atoms with Crippen LogP contribution < -0.4 is 0 Å². The SMILES string of the molecule is CCSC1=CC2CC(=O)N2C1C(=O)O. The van der Waals surface area contributed by atoms with Crippen LogP contribution in [0.3, 0.4) is 0 Å². The van der Waals surface area contributed by atoms with Gasteiger partial charge in [-0.3, -0.25) is 4.79 Å². The van der Waals surface area contributed by atoms with Crippen LogP contribution in [0, 0.1) is 0 Å². The fourth-order valence-corrected chi connectivity index (χ4v) is 2.84. The maximum absolute atomic E-state index is 11.2. The monoisotopic (exact) mass is 213 g/mol. The second kappa shape index (κ2) is 3.31. The smallest absolute Gasteiger partial charge is 0.331 e. The fraction of sp³-hybridized carbons (Fsp3) is 0.556. The van der Waals surface area contributed by atoms with Gasteiger partial charge in [0.05, 0.1) is 12.5 Å². The van der Waals surface area contributed by atoms with Gasteiger partial charge in [-0.15, -0.1) is 11.8 Å². The van der Waals surface area contributed by atoms with E-state index in [4.69, 9.17) is 5.11 Å². The number of fused-ring (bicyclic) bond motifs is 1. The number of carbonyl (C=O) groups excluding carboxylic acids is 1. The molecule has 0 aromatic heterocycles. The number of amides is 1. The minimum absolute atomic E-state index is 0.0395. The summed E-state index contributed by atoms with van der Waals surface area (Å²) in [4.78, 5) is 24.4. The van der Waals surface area contributed by atoms with E-state index in [0.29, 0.717) is 6.42 Å². The molecule has 1 N–H and O–H groups in total. The van der Waals surface area contributed by atoms with Crippen LogP contribution >= 0.6 is 11.8 Å². The van der Waals surface area contributed by atoms with Gasteiger partial charge in [-0.1, -0.05) is 6.92 Å². The Balaban J connectivity index is 2.20. The van der Waals surface area contributed by atoms with E-state index in [1.54, 1.807) is 0 Å². The first-order valence-electron chi connectivity index (χ1n) is 4.53. The summed E-state index contributed by atoms with van der Waals surface area (Å²) in [6.07, 6.45) is 2.38. The van der Waals surface area contributed by atoms with Crippen molar-refractivity contribution in [1.82, 2.24) is 4.90 Å². The number of nitrogens with zero attached hydrogens (tertiary/aromatic N) is 1. The fourth-order valence-electron chi connectivity index (χ4n) is 1.88. The van der Waals surface area contributed by atoms with Crippen LogP contribution in [-0.4, -0.2) is 39.7 Å². The van der Waals surface area contributed by atoms with Crippen molar-refractivity contribution >= 4 is 23.6 Å². The molecule has 76 valence electrons. The maximum atomic E-state index is 11.2. The number of carbonyl (C=O) groups is 2. The molecule has 1 fully saturated rings. The van der Waals surface area contributed by atoms with E-state index >= 15 is 0 Å². The molecule has 2 aliphatic heterocycles. The Morgan fingerprint density at radius 2 is 2.50 bits per heavy atom. The third-order valence-corrected chi connectivity index (χ3v) is 3.46. The molecule has 0 radical (unpaired) electrons. The minimum Gasteiger partial charge on any atom is -0.479 e. The number of β-lactam (4-membered cyclic amide) rings is 1. The maximum Gasteiger partial charge on any atom is 0.331 e. The molecule has 2 atom stereocenters. The molecule has 2 heterocycles. The number of carboxylic acids is 1. The van der Waals surface area contributed by atoms with E-state index in [0.717, 1.165) is 10.7 Å². The number of thioether (sulfide) groups is 1. The van der Waals surface area contributed by atoms with Crippen molar-refractivity contribution in [3.63, 3.8) is 0 Å². The Hall–Kier alpha value is -0.970. The van der Waals surface area contributed by atoms with E-state index in [-0.39, 0.29) is 11.9 Å². The summed E-state index contributed by atoms with van der Waals surface area (Å²) < 4.78 is 0. The van der Waals surface area contributed by atoms with E-state index in [2.05, 4.69) is 0 Å². The van der Waals surface area contributed by atoms with Gasteiger partial charge in [0.25, 0.3) is 0 Å². The van der Waals surface area contributed by atoms with Crippen molar-refractivity contribution in [2.75, 3.05) is 5.75 Å². The molecule has 2 rings (SSSR count). The molecule has 1 saturated heterocycles. The highest BCUT2D eigenvalue weighted by molar-refractivity contribution is 8.03. The summed E-state index contributed by atoms with van der Waals surface area (Å²) in [7, 11) is 0. The molecule has 0 aromatic carbocycles. The van der Waals surface area contributed by atoms with Crippen LogP contribution in [0.2, 0.25) is 0 Å². The lowest BCUT2D eigenvalue weighted by atomic mass is 10.0. The predicted molar refractivity (Wildman–Crippen MR) is 52.9 cm³/mol. The Kier molecular flexibility index (Phi) is 2.26. The third-order valence-electron chi connectivity index (χ3n) is 2.48. The lowest BCUT2D eigenvalue weighted by molar-refractivity contribution is -0.155. The molecular formula is C9H11NO3S. The summed E-state index contributed by atoms with van der Waals surface area (Å²) in [6.45, 7) is 1.97. The van der Waals surface area contributed by atoms with Crippen molar-refractivity contribution in [1.29, 1.82) is 0 Å². The van der Waals surface area contributed by atoms with Gasteiger partial charge in [0.2, 0.25) is 5.91 Å². The molecule has 0 bridgehead atoms. The summed E-state index contributed by atoms with van der Waals surface area (Å²) in [6, 6.07) is -0.677. The molecule has 1 amide bonds. The van der Waals surface area contributed by atoms with Crippen LogP contribution in [0.4, 0.5) is 0 Å². The van der Waals surface area contributed by atoms with Crippen molar-refractivity contribution in [2.24, 2.45) is 0 Å². The summed E-state index contributed by atoms with van der Waals surface area (Å²) in [5, 5.41) is 9.00. The second-order valence-corrected chi connectivity index (χ2v) is 4.65. The zero-order chi connectivity index (χ0) is 10.3. The molecule has 0 saturated carbocycles. The van der Waals surface area contributed by atoms with Crippen molar-refractivity contribution in [3.8, 4) is 0 Å². The number of carboxylic acid groups (broad SMARTS) is 1. The van der Waals surface area contributed by atoms with E-state index in [1.807, 2.05) is 13.0 Å². The van der Waals surface area contributed by atoms with Crippen LogP contribution in [0.1, 0.15) is 13.3 Å². The van der Waals surface area contributed by atoms with Crippen molar-refractivity contribution in [3.05, 3.63) is 11.0 Å². The largest absolute Gasteiger partial charge is 0.479 e. The average molecular weight is 213 g/mol. The number of aliphatic carboxylic acids is 1. The minimum atomic E-state index is -0.923. The Morgan fingerprint density at radius 3 is 3.00 bits per heavy atom. The van der Waals surface area contributed by atoms with Crippen molar-refractivity contribution < 1.29 is 14.7 Å². The number of hydrogen-bond donors (Lipinski definition) is 1. The van der Waals surface area contributed by atoms with Crippen LogP contribution in [-0.2, 0) is 9.59 Å². The first-order valence-corrected chi connectivity index (χ1v) is 5.52. The van der Waals surface area contributed by atoms with Gasteiger partial charge in [-0.25, -0.2) is 4.79 Å². The van der Waals surface area contributed by atoms with Crippen LogP contribution in [0.25, 0.3) is 0 Å². The standard InChI is InChI=1S/C9H11NO3S/c1-2-14-6-3-5-4-7(11)10(5)8(6)9(12)13/h3,5,8H,2,4H2,1H3,(H,12,13). The molecule has 0 aliphatic carbocycles. The molecule has 2 unspecified atom stereocenters. The molecule has 4 nitrogen and oxygen atoms in total. The number of rotatable bonds is 3. The van der Waals surface area contributed by atoms with Gasteiger partial charge in [0.15, 0.2) is 6.04 Å². The van der Waals surface area contributed by atoms with Gasteiger partial charge in [0.1, 0.15) is 0 Å². The predicted octanol–water partition coefficient (Wildman–Crippen LogP) is 0.691. The Bertz CT molecular complexity index is 326.